The van der Waals surface area contributed by atoms with E-state index in [4.69, 9.17) is 25.5 Å². The van der Waals surface area contributed by atoms with E-state index in [-0.39, 0.29) is 10.4 Å². The van der Waals surface area contributed by atoms with Gasteiger partial charge in [0.1, 0.15) is 15.7 Å². The molecule has 0 aromatic heterocycles. The smallest absolute Gasteiger partial charge is 0.282 e. The van der Waals surface area contributed by atoms with Gasteiger partial charge in [0.15, 0.2) is 0 Å². The maximum absolute atomic E-state index is 11.1. The van der Waals surface area contributed by atoms with Gasteiger partial charge in [0.05, 0.1) is 16.9 Å². The fourth-order valence-corrected chi connectivity index (χ4v) is 2.75. The predicted octanol–water partition coefficient (Wildman–Crippen LogP) is 0.171. The number of fused-ring (bicyclic) bond motifs is 1. The van der Waals surface area contributed by atoms with Crippen LogP contribution in [0.1, 0.15) is 0 Å². The van der Waals surface area contributed by atoms with Crippen LogP contribution >= 0.6 is 12.0 Å². The molecule has 94 valence electrons. The Bertz CT molecular complexity index is 745. The molecule has 9 heteroatoms. The molecule has 0 unspecified atom stereocenters. The maximum atomic E-state index is 11.1. The zero-order chi connectivity index (χ0) is 14.2. The molecule has 0 amide bonds. The summed E-state index contributed by atoms with van der Waals surface area (Å²) in [5, 5.41) is 9.26. The van der Waals surface area contributed by atoms with Crippen molar-refractivity contribution in [2.24, 2.45) is 0 Å². The third-order valence-corrected chi connectivity index (χ3v) is 3.82. The van der Waals surface area contributed by atoms with Gasteiger partial charge in [0, 0.05) is 4.90 Å². The number of benzene rings is 2. The predicted molar refractivity (Wildman–Crippen MR) is 74.1 cm³/mol. The molecule has 5 nitrogen and oxygen atoms in total. The highest BCUT2D eigenvalue weighted by Gasteiger charge is 2.13. The molecular formula is C10H6B2O5S2. The monoisotopic (exact) mass is 292 g/mol. The van der Waals surface area contributed by atoms with E-state index in [1.165, 1.54) is 18.2 Å². The summed E-state index contributed by atoms with van der Waals surface area (Å²) in [6, 6.07) is 5.41. The Morgan fingerprint density at radius 3 is 2.32 bits per heavy atom. The van der Waals surface area contributed by atoms with Crippen molar-refractivity contribution in [2.75, 3.05) is 0 Å². The fourth-order valence-electron chi connectivity index (χ4n) is 1.77. The summed E-state index contributed by atoms with van der Waals surface area (Å²) in [4.78, 5) is 0.128. The van der Waals surface area contributed by atoms with Crippen molar-refractivity contribution >= 4 is 59.6 Å². The molecule has 2 N–H and O–H groups in total. The molecule has 0 saturated heterocycles. The maximum Gasteiger partial charge on any atom is 0.294 e. The van der Waals surface area contributed by atoms with E-state index in [1.807, 2.05) is 0 Å². The Morgan fingerprint density at radius 2 is 1.74 bits per heavy atom. The van der Waals surface area contributed by atoms with E-state index < -0.39 is 10.1 Å². The average Bonchev–Trinajstić information content (AvgIpc) is 2.26. The Labute approximate surface area is 116 Å². The lowest BCUT2D eigenvalue weighted by Gasteiger charge is -2.10. The summed E-state index contributed by atoms with van der Waals surface area (Å²) < 4.78 is 35.2. The van der Waals surface area contributed by atoms with Gasteiger partial charge >= 0.3 is 0 Å². The van der Waals surface area contributed by atoms with E-state index in [2.05, 4.69) is 4.33 Å². The summed E-state index contributed by atoms with van der Waals surface area (Å²) in [6.07, 6.45) is 0. The van der Waals surface area contributed by atoms with Crippen LogP contribution in [-0.4, -0.2) is 33.9 Å². The lowest BCUT2D eigenvalue weighted by atomic mass is 9.82. The second kappa shape index (κ2) is 5.18. The molecule has 2 rings (SSSR count). The van der Waals surface area contributed by atoms with Crippen LogP contribution in [0.25, 0.3) is 10.8 Å². The Morgan fingerprint density at radius 1 is 1.11 bits per heavy atom. The minimum Gasteiger partial charge on any atom is -0.282 e. The van der Waals surface area contributed by atoms with Gasteiger partial charge in [-0.25, -0.2) is 5.26 Å². The lowest BCUT2D eigenvalue weighted by molar-refractivity contribution is -0.116. The first kappa shape index (κ1) is 14.4. The third kappa shape index (κ3) is 2.96. The third-order valence-electron chi connectivity index (χ3n) is 2.49. The Balaban J connectivity index is 2.78. The minimum absolute atomic E-state index is 0.129. The average molecular weight is 292 g/mol. The van der Waals surface area contributed by atoms with Crippen molar-refractivity contribution in [3.05, 3.63) is 24.3 Å². The normalized spacial score (nSPS) is 11.9. The lowest BCUT2D eigenvalue weighted by Crippen LogP contribution is -2.17. The minimum atomic E-state index is -4.36. The first-order valence-electron chi connectivity index (χ1n) is 4.91. The van der Waals surface area contributed by atoms with Gasteiger partial charge in [-0.1, -0.05) is 17.0 Å². The van der Waals surface area contributed by atoms with Crippen molar-refractivity contribution in [3.8, 4) is 0 Å². The second-order valence-corrected chi connectivity index (χ2v) is 5.96. The molecule has 0 spiro atoms. The fraction of sp³-hybridized carbons (Fsp3) is 0. The van der Waals surface area contributed by atoms with E-state index in [0.29, 0.717) is 33.2 Å². The van der Waals surface area contributed by atoms with Crippen LogP contribution in [0.2, 0.25) is 0 Å². The highest BCUT2D eigenvalue weighted by Crippen LogP contribution is 2.23. The Hall–Kier alpha value is -0.990. The number of rotatable bonds is 3. The van der Waals surface area contributed by atoms with Crippen LogP contribution in [0.3, 0.4) is 0 Å². The van der Waals surface area contributed by atoms with E-state index in [1.54, 1.807) is 0 Å². The molecule has 0 atom stereocenters. The molecule has 0 fully saturated rings. The SMILES string of the molecule is [B]c1cc(SOO)cc2cc(S(=O)(=O)O)cc([B])c12. The molecule has 0 aliphatic carbocycles. The van der Waals surface area contributed by atoms with Gasteiger partial charge in [0.2, 0.25) is 0 Å². The quantitative estimate of drug-likeness (QED) is 0.276. The summed E-state index contributed by atoms with van der Waals surface area (Å²) in [5.41, 5.74) is 0.431. The molecule has 2 aromatic carbocycles. The zero-order valence-electron chi connectivity index (χ0n) is 9.40. The number of hydrogen-bond donors (Lipinski definition) is 2. The summed E-state index contributed by atoms with van der Waals surface area (Å²) in [7, 11) is 7.18. The first-order valence-corrected chi connectivity index (χ1v) is 7.09. The van der Waals surface area contributed by atoms with Crippen LogP contribution in [0, 0.1) is 0 Å². The van der Waals surface area contributed by atoms with Gasteiger partial charge in [-0.15, -0.1) is 0 Å². The van der Waals surface area contributed by atoms with E-state index in [9.17, 15) is 8.42 Å². The van der Waals surface area contributed by atoms with Crippen LogP contribution in [0.4, 0.5) is 0 Å². The summed E-state index contributed by atoms with van der Waals surface area (Å²) in [6.45, 7) is 0. The molecular weight excluding hydrogens is 286 g/mol. The second-order valence-electron chi connectivity index (χ2n) is 3.76. The van der Waals surface area contributed by atoms with Crippen LogP contribution < -0.4 is 10.9 Å². The van der Waals surface area contributed by atoms with Crippen molar-refractivity contribution in [1.29, 1.82) is 0 Å². The van der Waals surface area contributed by atoms with Crippen LogP contribution in [0.5, 0.6) is 0 Å². The molecule has 0 aliphatic rings. The summed E-state index contributed by atoms with van der Waals surface area (Å²) in [5.74, 6) is 0. The van der Waals surface area contributed by atoms with Crippen molar-refractivity contribution < 1.29 is 22.6 Å². The molecule has 19 heavy (non-hydrogen) atoms. The molecule has 0 aliphatic heterocycles. The molecule has 0 bridgehead atoms. The number of hydrogen-bond acceptors (Lipinski definition) is 5. The standard InChI is InChI=1S/C10H6B2O5S2/c11-8-3-6(18-17-13)1-5-2-7(19(14,15)16)4-9(12)10(5)8/h1-4,13H,(H,14,15,16). The Kier molecular flexibility index (Phi) is 3.93. The van der Waals surface area contributed by atoms with Crippen molar-refractivity contribution in [2.45, 2.75) is 9.79 Å². The van der Waals surface area contributed by atoms with Crippen LogP contribution in [-0.2, 0) is 14.5 Å². The van der Waals surface area contributed by atoms with Gasteiger partial charge in [-0.3, -0.25) is 4.55 Å². The van der Waals surface area contributed by atoms with E-state index in [0.717, 1.165) is 6.07 Å². The van der Waals surface area contributed by atoms with Gasteiger partial charge in [0.25, 0.3) is 10.1 Å². The largest absolute Gasteiger partial charge is 0.294 e. The van der Waals surface area contributed by atoms with Gasteiger partial charge < -0.3 is 0 Å². The van der Waals surface area contributed by atoms with E-state index >= 15 is 0 Å². The van der Waals surface area contributed by atoms with Gasteiger partial charge in [-0.05, 0) is 29.0 Å². The van der Waals surface area contributed by atoms with Crippen LogP contribution in [0.15, 0.2) is 34.1 Å². The highest BCUT2D eigenvalue weighted by atomic mass is 32.2. The highest BCUT2D eigenvalue weighted by molar-refractivity contribution is 7.94. The first-order chi connectivity index (χ1) is 8.82. The summed E-state index contributed by atoms with van der Waals surface area (Å²) >= 11 is 0.646. The topological polar surface area (TPSA) is 83.8 Å². The molecule has 0 heterocycles. The van der Waals surface area contributed by atoms with Crippen molar-refractivity contribution in [3.63, 3.8) is 0 Å². The molecule has 2 aromatic rings. The van der Waals surface area contributed by atoms with Crippen molar-refractivity contribution in [1.82, 2.24) is 0 Å². The molecule has 4 radical (unpaired) electrons. The molecule has 0 saturated carbocycles. The zero-order valence-corrected chi connectivity index (χ0v) is 11.0. The van der Waals surface area contributed by atoms with Gasteiger partial charge in [-0.2, -0.15) is 12.8 Å².